The van der Waals surface area contributed by atoms with Crippen molar-refractivity contribution in [3.8, 4) is 11.1 Å². The van der Waals surface area contributed by atoms with Crippen molar-refractivity contribution in [2.45, 2.75) is 91.4 Å². The van der Waals surface area contributed by atoms with Gasteiger partial charge in [-0.25, -0.2) is 19.9 Å². The molecule has 2 aromatic heterocycles. The minimum absolute atomic E-state index is 0.0587. The van der Waals surface area contributed by atoms with E-state index in [0.717, 1.165) is 46.8 Å². The van der Waals surface area contributed by atoms with Crippen molar-refractivity contribution in [1.82, 2.24) is 19.9 Å². The van der Waals surface area contributed by atoms with E-state index in [0.29, 0.717) is 11.8 Å². The standard InChI is InChI=1S/C55H52N8/c1-32(2)39-18-14-19-40(33(3)4)47(39)36-21-22-43-45(30-36)63-52-50(57-24-26-59-52)61(38-28-34(5)27-35(6)29-38)53(63)55(8)48(54(43,55)7)42-31-46-60(37-15-10-9-11-16-37)49-51(58-25-23-56-49)62(46)44-20-13-12-17-41(42)44/h9-30,32-33,46,53H,31H2,1-8H3/b48-42+. The normalized spacial score (nSPS) is 23.6. The Morgan fingerprint density at radius 1 is 0.556 bits per heavy atom. The van der Waals surface area contributed by atoms with Gasteiger partial charge in [-0.1, -0.05) is 114 Å². The number of aromatic nitrogens is 4. The zero-order valence-electron chi connectivity index (χ0n) is 37.3. The monoisotopic (exact) mass is 824 g/mol. The molecule has 4 unspecified atom stereocenters. The second-order valence-electron chi connectivity index (χ2n) is 19.2. The lowest BCUT2D eigenvalue weighted by Crippen LogP contribution is -2.50. The van der Waals surface area contributed by atoms with Crippen LogP contribution in [0.2, 0.25) is 0 Å². The topological polar surface area (TPSA) is 64.5 Å². The van der Waals surface area contributed by atoms with Crippen molar-refractivity contribution >= 4 is 51.6 Å². The zero-order valence-corrected chi connectivity index (χ0v) is 37.3. The Kier molecular flexibility index (Phi) is 8.04. The molecule has 0 spiro atoms. The second-order valence-corrected chi connectivity index (χ2v) is 19.2. The first-order chi connectivity index (χ1) is 30.5. The Morgan fingerprint density at radius 2 is 1.14 bits per heavy atom. The quantitative estimate of drug-likeness (QED) is 0.170. The van der Waals surface area contributed by atoms with E-state index in [1.54, 1.807) is 0 Å². The Labute approximate surface area is 370 Å². The number of rotatable bonds is 5. The third kappa shape index (κ3) is 5.03. The van der Waals surface area contributed by atoms with Gasteiger partial charge in [-0.15, -0.1) is 0 Å². The lowest BCUT2D eigenvalue weighted by atomic mass is 9.79. The molecular weight excluding hydrogens is 773 g/mol. The fraction of sp³-hybridized carbons (Fsp3) is 0.273. The van der Waals surface area contributed by atoms with Crippen LogP contribution in [-0.4, -0.2) is 32.3 Å². The summed E-state index contributed by atoms with van der Waals surface area (Å²) in [7, 11) is 0. The van der Waals surface area contributed by atoms with Crippen LogP contribution < -0.4 is 19.6 Å². The summed E-state index contributed by atoms with van der Waals surface area (Å²) in [5.74, 6) is 4.31. The van der Waals surface area contributed by atoms with Crippen LogP contribution >= 0.6 is 0 Å². The highest BCUT2D eigenvalue weighted by Crippen LogP contribution is 2.80. The molecule has 0 saturated heterocycles. The first-order valence-electron chi connectivity index (χ1n) is 22.6. The van der Waals surface area contributed by atoms with Crippen LogP contribution in [0.4, 0.5) is 46.0 Å². The van der Waals surface area contributed by atoms with Crippen LogP contribution in [-0.2, 0) is 5.41 Å². The van der Waals surface area contributed by atoms with Crippen molar-refractivity contribution in [2.75, 3.05) is 19.6 Å². The summed E-state index contributed by atoms with van der Waals surface area (Å²) in [5, 5.41) is 0. The van der Waals surface area contributed by atoms with Crippen LogP contribution in [0.25, 0.3) is 16.7 Å². The maximum absolute atomic E-state index is 5.23. The number of nitrogens with zero attached hydrogens (tertiary/aromatic N) is 8. The van der Waals surface area contributed by atoms with Gasteiger partial charge in [-0.3, -0.25) is 0 Å². The van der Waals surface area contributed by atoms with Crippen LogP contribution in [0.3, 0.4) is 0 Å². The van der Waals surface area contributed by atoms with Crippen molar-refractivity contribution in [2.24, 2.45) is 5.41 Å². The SMILES string of the molecule is Cc1cc(C)cc(N2c3nccnc3N3c4cc(-c5c(C(C)C)cccc5C(C)C)ccc4C4(C)/C(=C5/CC6N(c7ccccc7)c7nccnc7N6c6ccccc65)C4(C)C23)c1. The van der Waals surface area contributed by atoms with Gasteiger partial charge in [0.2, 0.25) is 0 Å². The van der Waals surface area contributed by atoms with Gasteiger partial charge < -0.3 is 19.6 Å². The summed E-state index contributed by atoms with van der Waals surface area (Å²) < 4.78 is 0. The Bertz CT molecular complexity index is 3020. The van der Waals surface area contributed by atoms with Crippen molar-refractivity contribution < 1.29 is 0 Å². The van der Waals surface area contributed by atoms with Crippen LogP contribution in [0, 0.1) is 19.3 Å². The summed E-state index contributed by atoms with van der Waals surface area (Å²) in [6.45, 7) is 18.7. The highest BCUT2D eigenvalue weighted by molar-refractivity contribution is 5.99. The predicted molar refractivity (Wildman–Crippen MR) is 256 cm³/mol. The minimum atomic E-state index is -0.357. The highest BCUT2D eigenvalue weighted by atomic mass is 15.5. The van der Waals surface area contributed by atoms with E-state index in [2.05, 4.69) is 184 Å². The number of para-hydroxylation sites is 2. The van der Waals surface area contributed by atoms with Gasteiger partial charge in [0.1, 0.15) is 12.3 Å². The lowest BCUT2D eigenvalue weighted by molar-refractivity contribution is 0.376. The molecule has 1 fully saturated rings. The molecule has 63 heavy (non-hydrogen) atoms. The molecule has 4 atom stereocenters. The van der Waals surface area contributed by atoms with Gasteiger partial charge in [0.25, 0.3) is 0 Å². The first-order valence-corrected chi connectivity index (χ1v) is 22.6. The van der Waals surface area contributed by atoms with Crippen LogP contribution in [0.15, 0.2) is 140 Å². The van der Waals surface area contributed by atoms with Crippen LogP contribution in [0.5, 0.6) is 0 Å². The molecule has 4 aliphatic heterocycles. The van der Waals surface area contributed by atoms with Crippen LogP contribution in [0.1, 0.15) is 93.2 Å². The Morgan fingerprint density at radius 3 is 1.79 bits per heavy atom. The number of fused-ring (bicyclic) bond motifs is 13. The molecule has 0 bridgehead atoms. The summed E-state index contributed by atoms with van der Waals surface area (Å²) in [6, 6.07) is 40.8. The fourth-order valence-corrected chi connectivity index (χ4v) is 12.3. The van der Waals surface area contributed by atoms with E-state index in [-0.39, 0.29) is 23.2 Å². The first kappa shape index (κ1) is 37.9. The van der Waals surface area contributed by atoms with Gasteiger partial charge in [0.15, 0.2) is 23.3 Å². The van der Waals surface area contributed by atoms with Crippen molar-refractivity contribution in [1.29, 1.82) is 0 Å². The van der Waals surface area contributed by atoms with E-state index in [4.69, 9.17) is 19.9 Å². The van der Waals surface area contributed by atoms with E-state index in [1.807, 2.05) is 24.8 Å². The van der Waals surface area contributed by atoms with Gasteiger partial charge >= 0.3 is 0 Å². The molecule has 0 N–H and O–H groups in total. The molecular formula is C55H52N8. The van der Waals surface area contributed by atoms with E-state index >= 15 is 0 Å². The average Bonchev–Trinajstić information content (AvgIpc) is 3.51. The van der Waals surface area contributed by atoms with Crippen molar-refractivity contribution in [3.05, 3.63) is 173 Å². The molecule has 5 aliphatic rings. The number of anilines is 8. The third-order valence-electron chi connectivity index (χ3n) is 15.0. The summed E-state index contributed by atoms with van der Waals surface area (Å²) in [5.41, 5.74) is 17.2. The Balaban J connectivity index is 1.14. The molecule has 6 heterocycles. The molecule has 5 aromatic carbocycles. The number of hydrogen-bond donors (Lipinski definition) is 0. The fourth-order valence-electron chi connectivity index (χ4n) is 12.3. The molecule has 12 rings (SSSR count). The number of hydrogen-bond acceptors (Lipinski definition) is 8. The average molecular weight is 825 g/mol. The molecule has 0 amide bonds. The van der Waals surface area contributed by atoms with E-state index in [1.165, 1.54) is 61.3 Å². The maximum Gasteiger partial charge on any atom is 0.178 e. The third-order valence-corrected chi connectivity index (χ3v) is 15.0. The predicted octanol–water partition coefficient (Wildman–Crippen LogP) is 13.2. The zero-order chi connectivity index (χ0) is 43.1. The molecule has 1 aliphatic carbocycles. The smallest absolute Gasteiger partial charge is 0.178 e. The number of benzene rings is 5. The largest absolute Gasteiger partial charge is 0.302 e. The molecule has 7 aromatic rings. The lowest BCUT2D eigenvalue weighted by Gasteiger charge is -2.43. The van der Waals surface area contributed by atoms with Gasteiger partial charge in [0.05, 0.1) is 5.69 Å². The highest BCUT2D eigenvalue weighted by Gasteiger charge is 2.78. The Hall–Kier alpha value is -6.80. The summed E-state index contributed by atoms with van der Waals surface area (Å²) >= 11 is 0. The molecule has 312 valence electrons. The molecule has 1 saturated carbocycles. The van der Waals surface area contributed by atoms with Gasteiger partial charge in [-0.05, 0) is 112 Å². The van der Waals surface area contributed by atoms with Gasteiger partial charge in [0, 0.05) is 64.7 Å². The minimum Gasteiger partial charge on any atom is -0.302 e. The van der Waals surface area contributed by atoms with Crippen molar-refractivity contribution in [3.63, 3.8) is 0 Å². The summed E-state index contributed by atoms with van der Waals surface area (Å²) in [4.78, 5) is 30.3. The summed E-state index contributed by atoms with van der Waals surface area (Å²) in [6.07, 6.45) is 7.95. The van der Waals surface area contributed by atoms with Gasteiger partial charge in [-0.2, -0.15) is 0 Å². The molecule has 0 radical (unpaired) electrons. The second kappa shape index (κ2) is 13.4. The molecule has 8 heteroatoms. The molecule has 8 nitrogen and oxygen atoms in total. The maximum atomic E-state index is 5.23. The number of aryl methyl sites for hydroxylation is 2. The van der Waals surface area contributed by atoms with E-state index in [9.17, 15) is 0 Å². The van der Waals surface area contributed by atoms with E-state index < -0.39 is 0 Å².